The number of anilines is 1. The summed E-state index contributed by atoms with van der Waals surface area (Å²) in [6, 6.07) is 17.7. The van der Waals surface area contributed by atoms with Crippen LogP contribution in [-0.2, 0) is 13.0 Å². The first-order valence-corrected chi connectivity index (χ1v) is 11.6. The monoisotopic (exact) mass is 505 g/mol. The van der Waals surface area contributed by atoms with Gasteiger partial charge in [-0.1, -0.05) is 6.07 Å². The number of hydrogen-bond donors (Lipinski definition) is 2. The molecule has 0 fully saturated rings. The Balaban J connectivity index is 1.61. The maximum Gasteiger partial charge on any atom is 0.322 e. The van der Waals surface area contributed by atoms with Crippen molar-refractivity contribution in [2.45, 2.75) is 13.0 Å². The lowest BCUT2D eigenvalue weighted by molar-refractivity contribution is 0.209. The number of H-pyrrole nitrogens is 1. The molecule has 0 aliphatic rings. The second-order valence-corrected chi connectivity index (χ2v) is 8.37. The van der Waals surface area contributed by atoms with E-state index in [9.17, 15) is 14.0 Å². The Morgan fingerprint density at radius 2 is 1.68 bits per heavy atom. The standard InChI is InChI=1S/C28H28FN3O5/c1-35-23-9-10-24-19(16-23)15-20(27(33)31-24)17-32(28(34)30-22-7-5-21(29)6-8-22)13-12-18-4-11-25(36-2)26(14-18)37-3/h4-11,14-16H,12-13,17H2,1-3H3,(H,30,34)(H,31,33). The number of fused-ring (bicyclic) bond motifs is 1. The molecule has 4 rings (SSSR count). The third kappa shape index (κ3) is 6.19. The molecule has 0 spiro atoms. The number of carbonyl (C=O) groups excluding carboxylic acids is 1. The highest BCUT2D eigenvalue weighted by molar-refractivity contribution is 5.89. The molecule has 192 valence electrons. The summed E-state index contributed by atoms with van der Waals surface area (Å²) in [5, 5.41) is 3.57. The minimum Gasteiger partial charge on any atom is -0.497 e. The van der Waals surface area contributed by atoms with Crippen molar-refractivity contribution in [1.82, 2.24) is 9.88 Å². The van der Waals surface area contributed by atoms with Crippen LogP contribution in [0.15, 0.2) is 71.5 Å². The minimum absolute atomic E-state index is 0.0583. The molecular formula is C28H28FN3O5. The summed E-state index contributed by atoms with van der Waals surface area (Å²) in [6.07, 6.45) is 0.497. The zero-order valence-corrected chi connectivity index (χ0v) is 20.8. The van der Waals surface area contributed by atoms with Gasteiger partial charge in [0.05, 0.1) is 27.9 Å². The zero-order chi connectivity index (χ0) is 26.4. The highest BCUT2D eigenvalue weighted by Crippen LogP contribution is 2.28. The molecule has 1 heterocycles. The first kappa shape index (κ1) is 25.6. The minimum atomic E-state index is -0.419. The number of benzene rings is 3. The maximum atomic E-state index is 13.3. The van der Waals surface area contributed by atoms with Gasteiger partial charge in [-0.3, -0.25) is 4.79 Å². The van der Waals surface area contributed by atoms with Gasteiger partial charge in [0, 0.05) is 28.7 Å². The molecule has 0 saturated carbocycles. The number of urea groups is 1. The molecule has 0 unspecified atom stereocenters. The van der Waals surface area contributed by atoms with E-state index in [1.807, 2.05) is 18.2 Å². The van der Waals surface area contributed by atoms with E-state index in [0.29, 0.717) is 47.0 Å². The van der Waals surface area contributed by atoms with E-state index in [1.54, 1.807) is 45.6 Å². The average molecular weight is 506 g/mol. The van der Waals surface area contributed by atoms with E-state index in [1.165, 1.54) is 29.2 Å². The molecule has 1 aromatic heterocycles. The van der Waals surface area contributed by atoms with Crippen LogP contribution in [0.5, 0.6) is 17.2 Å². The van der Waals surface area contributed by atoms with Crippen LogP contribution < -0.4 is 25.1 Å². The van der Waals surface area contributed by atoms with E-state index in [-0.39, 0.29) is 12.1 Å². The third-order valence-electron chi connectivity index (χ3n) is 5.99. The summed E-state index contributed by atoms with van der Waals surface area (Å²) in [6.45, 7) is 0.362. The van der Waals surface area contributed by atoms with Gasteiger partial charge in [0.2, 0.25) is 0 Å². The van der Waals surface area contributed by atoms with Gasteiger partial charge >= 0.3 is 6.03 Å². The smallest absolute Gasteiger partial charge is 0.322 e. The van der Waals surface area contributed by atoms with Crippen LogP contribution in [0.25, 0.3) is 10.9 Å². The molecule has 0 atom stereocenters. The Morgan fingerprint density at radius 1 is 0.919 bits per heavy atom. The van der Waals surface area contributed by atoms with E-state index in [2.05, 4.69) is 10.3 Å². The van der Waals surface area contributed by atoms with Crippen LogP contribution in [0.2, 0.25) is 0 Å². The van der Waals surface area contributed by atoms with Crippen molar-refractivity contribution in [1.29, 1.82) is 0 Å². The zero-order valence-electron chi connectivity index (χ0n) is 20.8. The van der Waals surface area contributed by atoms with Crippen molar-refractivity contribution in [2.75, 3.05) is 33.2 Å². The normalized spacial score (nSPS) is 10.7. The van der Waals surface area contributed by atoms with Gasteiger partial charge in [-0.05, 0) is 72.6 Å². The number of aromatic nitrogens is 1. The van der Waals surface area contributed by atoms with E-state index in [4.69, 9.17) is 14.2 Å². The SMILES string of the molecule is COc1ccc2[nH]c(=O)c(CN(CCc3ccc(OC)c(OC)c3)C(=O)Nc3ccc(F)cc3)cc2c1. The molecule has 0 saturated heterocycles. The number of rotatable bonds is 9. The van der Waals surface area contributed by atoms with Crippen molar-refractivity contribution < 1.29 is 23.4 Å². The number of nitrogens with zero attached hydrogens (tertiary/aromatic N) is 1. The molecule has 3 aromatic carbocycles. The number of halogens is 1. The molecule has 0 radical (unpaired) electrons. The Hall–Kier alpha value is -4.53. The number of nitrogens with one attached hydrogen (secondary N) is 2. The predicted octanol–water partition coefficient (Wildman–Crippen LogP) is 4.97. The summed E-state index contributed by atoms with van der Waals surface area (Å²) < 4.78 is 29.3. The van der Waals surface area contributed by atoms with Crippen LogP contribution in [-0.4, -0.2) is 43.8 Å². The third-order valence-corrected chi connectivity index (χ3v) is 5.99. The quantitative estimate of drug-likeness (QED) is 0.335. The fraction of sp³-hybridized carbons (Fsp3) is 0.214. The summed E-state index contributed by atoms with van der Waals surface area (Å²) in [7, 11) is 4.70. The fourth-order valence-corrected chi connectivity index (χ4v) is 3.97. The number of aromatic amines is 1. The van der Waals surface area contributed by atoms with Crippen LogP contribution in [0.1, 0.15) is 11.1 Å². The number of ether oxygens (including phenoxy) is 3. The molecule has 2 N–H and O–H groups in total. The lowest BCUT2D eigenvalue weighted by atomic mass is 10.1. The number of hydrogen-bond acceptors (Lipinski definition) is 5. The summed E-state index contributed by atoms with van der Waals surface area (Å²) in [5.41, 5.74) is 2.17. The lowest BCUT2D eigenvalue weighted by Crippen LogP contribution is -2.37. The van der Waals surface area contributed by atoms with E-state index < -0.39 is 11.8 Å². The molecule has 4 aromatic rings. The average Bonchev–Trinajstić information content (AvgIpc) is 2.91. The summed E-state index contributed by atoms with van der Waals surface area (Å²) >= 11 is 0. The van der Waals surface area contributed by atoms with Crippen molar-refractivity contribution >= 4 is 22.6 Å². The Kier molecular flexibility index (Phi) is 7.92. The van der Waals surface area contributed by atoms with Crippen LogP contribution in [0, 0.1) is 5.82 Å². The number of carbonyl (C=O) groups is 1. The molecule has 8 nitrogen and oxygen atoms in total. The highest BCUT2D eigenvalue weighted by atomic mass is 19.1. The molecule has 9 heteroatoms. The first-order chi connectivity index (χ1) is 17.9. The largest absolute Gasteiger partial charge is 0.497 e. The molecule has 0 bridgehead atoms. The van der Waals surface area contributed by atoms with Gasteiger partial charge in [-0.15, -0.1) is 0 Å². The predicted molar refractivity (Wildman–Crippen MR) is 140 cm³/mol. The number of pyridine rings is 1. The van der Waals surface area contributed by atoms with Gasteiger partial charge in [0.15, 0.2) is 11.5 Å². The second kappa shape index (κ2) is 11.5. The van der Waals surface area contributed by atoms with Crippen molar-refractivity contribution in [3.8, 4) is 17.2 Å². The van der Waals surface area contributed by atoms with Gasteiger partial charge in [0.1, 0.15) is 11.6 Å². The van der Waals surface area contributed by atoms with E-state index >= 15 is 0 Å². The topological polar surface area (TPSA) is 92.9 Å². The van der Waals surface area contributed by atoms with Crippen molar-refractivity contribution in [3.05, 3.63) is 94.0 Å². The first-order valence-electron chi connectivity index (χ1n) is 11.6. The molecule has 2 amide bonds. The highest BCUT2D eigenvalue weighted by Gasteiger charge is 2.17. The van der Waals surface area contributed by atoms with Gasteiger partial charge in [-0.25, -0.2) is 9.18 Å². The molecule has 0 aliphatic heterocycles. The summed E-state index contributed by atoms with van der Waals surface area (Å²) in [4.78, 5) is 30.5. The van der Waals surface area contributed by atoms with Crippen LogP contribution >= 0.6 is 0 Å². The molecular weight excluding hydrogens is 477 g/mol. The Morgan fingerprint density at radius 3 is 2.38 bits per heavy atom. The Bertz CT molecular complexity index is 1450. The molecule has 0 aliphatic carbocycles. The van der Waals surface area contributed by atoms with Crippen LogP contribution in [0.3, 0.4) is 0 Å². The number of amides is 2. The van der Waals surface area contributed by atoms with Crippen molar-refractivity contribution in [2.24, 2.45) is 0 Å². The Labute approximate surface area is 213 Å². The van der Waals surface area contributed by atoms with Gasteiger partial charge in [0.25, 0.3) is 5.56 Å². The lowest BCUT2D eigenvalue weighted by Gasteiger charge is -2.23. The van der Waals surface area contributed by atoms with Crippen LogP contribution in [0.4, 0.5) is 14.9 Å². The van der Waals surface area contributed by atoms with Gasteiger partial charge < -0.3 is 29.4 Å². The molecule has 37 heavy (non-hydrogen) atoms. The van der Waals surface area contributed by atoms with Gasteiger partial charge in [-0.2, -0.15) is 0 Å². The fourth-order valence-electron chi connectivity index (χ4n) is 3.97. The second-order valence-electron chi connectivity index (χ2n) is 8.37. The van der Waals surface area contributed by atoms with Crippen molar-refractivity contribution in [3.63, 3.8) is 0 Å². The van der Waals surface area contributed by atoms with E-state index in [0.717, 1.165) is 10.9 Å². The summed E-state index contributed by atoms with van der Waals surface area (Å²) in [5.74, 6) is 1.45. The maximum absolute atomic E-state index is 13.3. The number of methoxy groups -OCH3 is 3.